The summed E-state index contributed by atoms with van der Waals surface area (Å²) in [5.74, 6) is 0. The number of amides is 2. The molecule has 1 aromatic heterocycles. The third-order valence-electron chi connectivity index (χ3n) is 2.19. The van der Waals surface area contributed by atoms with E-state index < -0.39 is 0 Å². The van der Waals surface area contributed by atoms with Crippen LogP contribution < -0.4 is 10.6 Å². The van der Waals surface area contributed by atoms with Crippen LogP contribution in [-0.2, 0) is 6.42 Å². The van der Waals surface area contributed by atoms with Gasteiger partial charge in [0.05, 0.1) is 6.20 Å². The van der Waals surface area contributed by atoms with Crippen LogP contribution in [0, 0.1) is 0 Å². The van der Waals surface area contributed by atoms with Gasteiger partial charge in [-0.2, -0.15) is 0 Å². The van der Waals surface area contributed by atoms with Gasteiger partial charge in [-0.1, -0.05) is 30.3 Å². The molecule has 0 saturated heterocycles. The molecule has 0 bridgehead atoms. The van der Waals surface area contributed by atoms with E-state index in [1.54, 1.807) is 0 Å². The van der Waals surface area contributed by atoms with Crippen molar-refractivity contribution in [3.8, 4) is 0 Å². The zero-order valence-electron chi connectivity index (χ0n) is 9.63. The normalized spacial score (nSPS) is 9.33. The first-order valence-electron chi connectivity index (χ1n) is 5.33. The molecular weight excluding hydrogens is 254 g/mol. The molecule has 2 aromatic rings. The number of carbonyl (C=O) groups is 1. The Morgan fingerprint density at radius 2 is 2.06 bits per heavy atom. The van der Waals surface area contributed by atoms with Gasteiger partial charge in [-0.15, -0.1) is 12.4 Å². The Balaban J connectivity index is 0.00000162. The van der Waals surface area contributed by atoms with Crippen LogP contribution in [0.2, 0.25) is 0 Å². The average Bonchev–Trinajstić information content (AvgIpc) is 2.83. The highest BCUT2D eigenvalue weighted by Crippen LogP contribution is 2.00. The van der Waals surface area contributed by atoms with Crippen molar-refractivity contribution in [2.45, 2.75) is 6.42 Å². The molecule has 0 saturated carbocycles. The molecule has 0 fully saturated rings. The van der Waals surface area contributed by atoms with Crippen molar-refractivity contribution >= 4 is 24.5 Å². The van der Waals surface area contributed by atoms with E-state index in [4.69, 9.17) is 4.42 Å². The number of hydrogen-bond acceptors (Lipinski definition) is 3. The molecule has 0 radical (unpaired) electrons. The highest BCUT2D eigenvalue weighted by molar-refractivity contribution is 5.86. The Morgan fingerprint density at radius 3 is 2.72 bits per heavy atom. The number of aromatic nitrogens is 1. The number of rotatable bonds is 4. The summed E-state index contributed by atoms with van der Waals surface area (Å²) in [5, 5.41) is 5.20. The number of nitrogens with one attached hydrogen (secondary N) is 2. The lowest BCUT2D eigenvalue weighted by atomic mass is 10.1. The minimum atomic E-state index is -0.316. The predicted molar refractivity (Wildman–Crippen MR) is 70.9 cm³/mol. The van der Waals surface area contributed by atoms with Crippen LogP contribution in [0.15, 0.2) is 47.2 Å². The summed E-state index contributed by atoms with van der Waals surface area (Å²) in [6.45, 7) is 0.566. The van der Waals surface area contributed by atoms with Crippen LogP contribution in [0.4, 0.5) is 10.8 Å². The molecule has 96 valence electrons. The second-order valence-electron chi connectivity index (χ2n) is 3.45. The fraction of sp³-hybridized carbons (Fsp3) is 0.167. The Labute approximate surface area is 111 Å². The molecule has 6 heteroatoms. The highest BCUT2D eigenvalue weighted by atomic mass is 35.5. The minimum Gasteiger partial charge on any atom is -0.432 e. The SMILES string of the molecule is Cl.O=C(NCCc1ccccc1)Nc1ncco1. The van der Waals surface area contributed by atoms with Crippen molar-refractivity contribution in [2.75, 3.05) is 11.9 Å². The molecule has 18 heavy (non-hydrogen) atoms. The van der Waals surface area contributed by atoms with Crippen LogP contribution in [0.5, 0.6) is 0 Å². The molecule has 0 unspecified atom stereocenters. The third-order valence-corrected chi connectivity index (χ3v) is 2.19. The van der Waals surface area contributed by atoms with E-state index in [0.717, 1.165) is 6.42 Å². The van der Waals surface area contributed by atoms with E-state index in [1.165, 1.54) is 18.0 Å². The molecule has 0 atom stereocenters. The van der Waals surface area contributed by atoms with Crippen molar-refractivity contribution in [1.29, 1.82) is 0 Å². The van der Waals surface area contributed by atoms with E-state index in [9.17, 15) is 4.79 Å². The van der Waals surface area contributed by atoms with E-state index in [1.807, 2.05) is 30.3 Å². The lowest BCUT2D eigenvalue weighted by Crippen LogP contribution is -2.30. The topological polar surface area (TPSA) is 67.2 Å². The van der Waals surface area contributed by atoms with Crippen molar-refractivity contribution in [3.63, 3.8) is 0 Å². The van der Waals surface area contributed by atoms with Crippen molar-refractivity contribution in [3.05, 3.63) is 48.4 Å². The van der Waals surface area contributed by atoms with Gasteiger partial charge in [0.1, 0.15) is 6.26 Å². The number of benzene rings is 1. The van der Waals surface area contributed by atoms with Gasteiger partial charge in [0.25, 0.3) is 0 Å². The van der Waals surface area contributed by atoms with Gasteiger partial charge in [0.15, 0.2) is 0 Å². The van der Waals surface area contributed by atoms with Crippen molar-refractivity contribution < 1.29 is 9.21 Å². The lowest BCUT2D eigenvalue weighted by molar-refractivity contribution is 0.251. The second-order valence-corrected chi connectivity index (χ2v) is 3.45. The van der Waals surface area contributed by atoms with E-state index in [2.05, 4.69) is 15.6 Å². The molecular formula is C12H14ClN3O2. The van der Waals surface area contributed by atoms with Gasteiger partial charge >= 0.3 is 12.0 Å². The van der Waals surface area contributed by atoms with Gasteiger partial charge in [0, 0.05) is 6.54 Å². The highest BCUT2D eigenvalue weighted by Gasteiger charge is 2.03. The maximum atomic E-state index is 11.4. The Morgan fingerprint density at radius 1 is 1.28 bits per heavy atom. The van der Waals surface area contributed by atoms with Gasteiger partial charge in [-0.05, 0) is 12.0 Å². The van der Waals surface area contributed by atoms with Crippen LogP contribution in [0.3, 0.4) is 0 Å². The maximum absolute atomic E-state index is 11.4. The summed E-state index contributed by atoms with van der Waals surface area (Å²) in [5.41, 5.74) is 1.18. The van der Waals surface area contributed by atoms with Crippen molar-refractivity contribution in [1.82, 2.24) is 10.3 Å². The molecule has 0 aliphatic rings. The number of oxazole rings is 1. The zero-order valence-corrected chi connectivity index (χ0v) is 10.4. The first-order chi connectivity index (χ1) is 8.34. The lowest BCUT2D eigenvalue weighted by Gasteiger charge is -2.04. The molecule has 1 aromatic carbocycles. The standard InChI is InChI=1S/C12H13N3O2.ClH/c16-11(15-12-14-8-9-17-12)13-7-6-10-4-2-1-3-5-10;/h1-5,8-9H,6-7H2,(H2,13,14,15,16);1H. The number of anilines is 1. The van der Waals surface area contributed by atoms with Crippen molar-refractivity contribution in [2.24, 2.45) is 0 Å². The Kier molecular flexibility index (Phi) is 5.73. The van der Waals surface area contributed by atoms with Gasteiger partial charge in [0.2, 0.25) is 0 Å². The molecule has 0 spiro atoms. The average molecular weight is 268 g/mol. The maximum Gasteiger partial charge on any atom is 0.322 e. The summed E-state index contributed by atoms with van der Waals surface area (Å²) >= 11 is 0. The predicted octanol–water partition coefficient (Wildman–Crippen LogP) is 2.46. The van der Waals surface area contributed by atoms with Crippen LogP contribution in [0.25, 0.3) is 0 Å². The molecule has 0 aliphatic carbocycles. The minimum absolute atomic E-state index is 0. The van der Waals surface area contributed by atoms with E-state index in [-0.39, 0.29) is 24.5 Å². The zero-order chi connectivity index (χ0) is 11.9. The molecule has 5 nitrogen and oxygen atoms in total. The fourth-order valence-corrected chi connectivity index (χ4v) is 1.39. The van der Waals surface area contributed by atoms with Crippen LogP contribution in [0.1, 0.15) is 5.56 Å². The summed E-state index contributed by atoms with van der Waals surface area (Å²) in [6.07, 6.45) is 3.67. The Bertz CT molecular complexity index is 459. The third kappa shape index (κ3) is 4.47. The number of urea groups is 1. The quantitative estimate of drug-likeness (QED) is 0.894. The van der Waals surface area contributed by atoms with Gasteiger partial charge < -0.3 is 9.73 Å². The molecule has 1 heterocycles. The van der Waals surface area contributed by atoms with E-state index >= 15 is 0 Å². The molecule has 2 rings (SSSR count). The first kappa shape index (κ1) is 14.1. The molecule has 2 N–H and O–H groups in total. The molecule has 2 amide bonds. The monoisotopic (exact) mass is 267 g/mol. The number of halogens is 1. The fourth-order valence-electron chi connectivity index (χ4n) is 1.39. The number of carbonyl (C=O) groups excluding carboxylic acids is 1. The van der Waals surface area contributed by atoms with Gasteiger partial charge in [-0.25, -0.2) is 9.78 Å². The first-order valence-corrected chi connectivity index (χ1v) is 5.33. The van der Waals surface area contributed by atoms with Gasteiger partial charge in [-0.3, -0.25) is 5.32 Å². The summed E-state index contributed by atoms with van der Waals surface area (Å²) < 4.78 is 4.89. The largest absolute Gasteiger partial charge is 0.432 e. The van der Waals surface area contributed by atoms with E-state index in [0.29, 0.717) is 6.54 Å². The Hall–Kier alpha value is -2.01. The van der Waals surface area contributed by atoms with Crippen LogP contribution >= 0.6 is 12.4 Å². The second kappa shape index (κ2) is 7.34. The number of hydrogen-bond donors (Lipinski definition) is 2. The van der Waals surface area contributed by atoms with Crippen LogP contribution in [-0.4, -0.2) is 17.6 Å². The summed E-state index contributed by atoms with van der Waals surface area (Å²) in [6, 6.07) is 9.84. The smallest absolute Gasteiger partial charge is 0.322 e. The summed E-state index contributed by atoms with van der Waals surface area (Å²) in [7, 11) is 0. The number of nitrogens with zero attached hydrogens (tertiary/aromatic N) is 1. The summed E-state index contributed by atoms with van der Waals surface area (Å²) in [4.78, 5) is 15.2. The molecule has 0 aliphatic heterocycles.